The summed E-state index contributed by atoms with van der Waals surface area (Å²) in [5.41, 5.74) is 0. The molecule has 1 unspecified atom stereocenters. The number of nitrogens with one attached hydrogen (secondary N) is 2. The van der Waals surface area contributed by atoms with Crippen LogP contribution in [0, 0.1) is 0 Å². The SMILES string of the molecule is COCC1CCCN1S(=O)(=O)NCCN1CCNCC1. The average Bonchev–Trinajstić information content (AvgIpc) is 2.89. The summed E-state index contributed by atoms with van der Waals surface area (Å²) < 4.78 is 33.9. The van der Waals surface area contributed by atoms with E-state index in [2.05, 4.69) is 14.9 Å². The first kappa shape index (κ1) is 16.1. The standard InChI is InChI=1S/C12H26N4O3S/c1-19-11-12-3-2-7-16(12)20(17,18)14-6-10-15-8-4-13-5-9-15/h12-14H,2-11H2,1H3. The molecule has 2 heterocycles. The smallest absolute Gasteiger partial charge is 0.279 e. The molecule has 0 saturated carbocycles. The van der Waals surface area contributed by atoms with Crippen molar-refractivity contribution < 1.29 is 13.2 Å². The highest BCUT2D eigenvalue weighted by Crippen LogP contribution is 2.20. The molecule has 2 rings (SSSR count). The summed E-state index contributed by atoms with van der Waals surface area (Å²) in [5, 5.41) is 3.28. The summed E-state index contributed by atoms with van der Waals surface area (Å²) in [6.07, 6.45) is 1.79. The molecule has 0 aromatic carbocycles. The maximum Gasteiger partial charge on any atom is 0.279 e. The second kappa shape index (κ2) is 7.67. The third-order valence-electron chi connectivity index (χ3n) is 3.91. The lowest BCUT2D eigenvalue weighted by Gasteiger charge is -2.28. The van der Waals surface area contributed by atoms with E-state index in [9.17, 15) is 8.42 Å². The quantitative estimate of drug-likeness (QED) is 0.620. The van der Waals surface area contributed by atoms with Crippen molar-refractivity contribution in [2.24, 2.45) is 0 Å². The van der Waals surface area contributed by atoms with Crippen LogP contribution in [0.3, 0.4) is 0 Å². The van der Waals surface area contributed by atoms with Crippen molar-refractivity contribution in [3.63, 3.8) is 0 Å². The van der Waals surface area contributed by atoms with Crippen molar-refractivity contribution in [1.29, 1.82) is 0 Å². The topological polar surface area (TPSA) is 73.9 Å². The maximum atomic E-state index is 12.3. The lowest BCUT2D eigenvalue weighted by atomic mass is 10.2. The molecule has 2 N–H and O–H groups in total. The van der Waals surface area contributed by atoms with Crippen LogP contribution in [0.5, 0.6) is 0 Å². The monoisotopic (exact) mass is 306 g/mol. The van der Waals surface area contributed by atoms with E-state index in [1.165, 1.54) is 0 Å². The number of nitrogens with zero attached hydrogens (tertiary/aromatic N) is 2. The fourth-order valence-electron chi connectivity index (χ4n) is 2.83. The molecular formula is C12H26N4O3S. The molecule has 0 radical (unpaired) electrons. The Morgan fingerprint density at radius 3 is 2.75 bits per heavy atom. The Labute approximate surface area is 121 Å². The fourth-order valence-corrected chi connectivity index (χ4v) is 4.28. The lowest BCUT2D eigenvalue weighted by Crippen LogP contribution is -2.49. The highest BCUT2D eigenvalue weighted by atomic mass is 32.2. The van der Waals surface area contributed by atoms with Gasteiger partial charge in [-0.2, -0.15) is 12.7 Å². The van der Waals surface area contributed by atoms with Gasteiger partial charge in [0.2, 0.25) is 0 Å². The minimum absolute atomic E-state index is 0.0170. The minimum Gasteiger partial charge on any atom is -0.383 e. The predicted octanol–water partition coefficient (Wildman–Crippen LogP) is -1.16. The van der Waals surface area contributed by atoms with Crippen LogP contribution in [-0.4, -0.2) is 83.2 Å². The Kier molecular flexibility index (Phi) is 6.19. The third kappa shape index (κ3) is 4.37. The van der Waals surface area contributed by atoms with E-state index in [0.29, 0.717) is 19.7 Å². The van der Waals surface area contributed by atoms with Gasteiger partial charge in [-0.05, 0) is 12.8 Å². The summed E-state index contributed by atoms with van der Waals surface area (Å²) in [4.78, 5) is 2.27. The van der Waals surface area contributed by atoms with Crippen molar-refractivity contribution in [3.8, 4) is 0 Å². The van der Waals surface area contributed by atoms with Crippen LogP contribution in [0.4, 0.5) is 0 Å². The summed E-state index contributed by atoms with van der Waals surface area (Å²) in [7, 11) is -1.76. The number of rotatable bonds is 7. The van der Waals surface area contributed by atoms with Gasteiger partial charge in [-0.15, -0.1) is 0 Å². The van der Waals surface area contributed by atoms with Crippen LogP contribution in [0.2, 0.25) is 0 Å². The van der Waals surface area contributed by atoms with Gasteiger partial charge >= 0.3 is 0 Å². The molecule has 0 aliphatic carbocycles. The van der Waals surface area contributed by atoms with E-state index in [-0.39, 0.29) is 6.04 Å². The van der Waals surface area contributed by atoms with Crippen LogP contribution in [0.1, 0.15) is 12.8 Å². The van der Waals surface area contributed by atoms with Gasteiger partial charge in [0.1, 0.15) is 0 Å². The zero-order valence-corrected chi connectivity index (χ0v) is 13.0. The first-order valence-electron chi connectivity index (χ1n) is 7.32. The molecule has 2 saturated heterocycles. The average molecular weight is 306 g/mol. The van der Waals surface area contributed by atoms with Crippen LogP contribution in [0.15, 0.2) is 0 Å². The summed E-state index contributed by atoms with van der Waals surface area (Å²) in [6, 6.07) is -0.0170. The molecular weight excluding hydrogens is 280 g/mol. The van der Waals surface area contributed by atoms with Crippen LogP contribution < -0.4 is 10.0 Å². The molecule has 0 amide bonds. The normalized spacial score (nSPS) is 26.1. The summed E-state index contributed by atoms with van der Waals surface area (Å²) in [6.45, 7) is 6.23. The fraction of sp³-hybridized carbons (Fsp3) is 1.00. The molecule has 2 aliphatic heterocycles. The van der Waals surface area contributed by atoms with Gasteiger partial charge in [-0.25, -0.2) is 4.72 Å². The summed E-state index contributed by atoms with van der Waals surface area (Å²) in [5.74, 6) is 0. The second-order valence-electron chi connectivity index (χ2n) is 5.35. The molecule has 1 atom stereocenters. The van der Waals surface area contributed by atoms with E-state index in [1.54, 1.807) is 11.4 Å². The van der Waals surface area contributed by atoms with Gasteiger partial charge in [0, 0.05) is 59.0 Å². The van der Waals surface area contributed by atoms with Crippen LogP contribution in [-0.2, 0) is 14.9 Å². The number of hydrogen-bond acceptors (Lipinski definition) is 5. The van der Waals surface area contributed by atoms with E-state index in [4.69, 9.17) is 4.74 Å². The minimum atomic E-state index is -3.37. The Morgan fingerprint density at radius 1 is 1.30 bits per heavy atom. The lowest BCUT2D eigenvalue weighted by molar-refractivity contribution is 0.148. The molecule has 7 nitrogen and oxygen atoms in total. The van der Waals surface area contributed by atoms with Crippen LogP contribution in [0.25, 0.3) is 0 Å². The number of piperazine rings is 1. The van der Waals surface area contributed by atoms with Gasteiger partial charge in [0.15, 0.2) is 0 Å². The Bertz CT molecular complexity index is 384. The van der Waals surface area contributed by atoms with Crippen molar-refractivity contribution in [2.75, 3.05) is 59.5 Å². The van der Waals surface area contributed by atoms with Crippen molar-refractivity contribution in [3.05, 3.63) is 0 Å². The zero-order valence-electron chi connectivity index (χ0n) is 12.2. The maximum absolute atomic E-state index is 12.3. The first-order valence-corrected chi connectivity index (χ1v) is 8.76. The van der Waals surface area contributed by atoms with Gasteiger partial charge in [-0.1, -0.05) is 0 Å². The van der Waals surface area contributed by atoms with E-state index in [0.717, 1.165) is 45.6 Å². The van der Waals surface area contributed by atoms with Crippen molar-refractivity contribution in [2.45, 2.75) is 18.9 Å². The van der Waals surface area contributed by atoms with Gasteiger partial charge < -0.3 is 10.1 Å². The Hall–Kier alpha value is -0.250. The number of hydrogen-bond donors (Lipinski definition) is 2. The molecule has 0 spiro atoms. The van der Waals surface area contributed by atoms with E-state index >= 15 is 0 Å². The molecule has 20 heavy (non-hydrogen) atoms. The third-order valence-corrected chi connectivity index (χ3v) is 5.58. The first-order chi connectivity index (χ1) is 9.63. The van der Waals surface area contributed by atoms with E-state index < -0.39 is 10.2 Å². The number of ether oxygens (including phenoxy) is 1. The van der Waals surface area contributed by atoms with E-state index in [1.807, 2.05) is 0 Å². The highest BCUT2D eigenvalue weighted by Gasteiger charge is 2.33. The number of methoxy groups -OCH3 is 1. The van der Waals surface area contributed by atoms with Crippen molar-refractivity contribution in [1.82, 2.24) is 19.2 Å². The molecule has 2 aliphatic rings. The van der Waals surface area contributed by atoms with Gasteiger partial charge in [-0.3, -0.25) is 4.90 Å². The zero-order chi connectivity index (χ0) is 14.4. The Morgan fingerprint density at radius 2 is 2.05 bits per heavy atom. The molecule has 8 heteroatoms. The Balaban J connectivity index is 1.77. The van der Waals surface area contributed by atoms with Gasteiger partial charge in [0.25, 0.3) is 10.2 Å². The van der Waals surface area contributed by atoms with Crippen LogP contribution >= 0.6 is 0 Å². The molecule has 118 valence electrons. The molecule has 0 bridgehead atoms. The molecule has 0 aromatic heterocycles. The van der Waals surface area contributed by atoms with Gasteiger partial charge in [0.05, 0.1) is 6.61 Å². The largest absolute Gasteiger partial charge is 0.383 e. The van der Waals surface area contributed by atoms with Crippen molar-refractivity contribution >= 4 is 10.2 Å². The molecule has 0 aromatic rings. The highest BCUT2D eigenvalue weighted by molar-refractivity contribution is 7.87. The predicted molar refractivity (Wildman–Crippen MR) is 77.8 cm³/mol. The molecule has 2 fully saturated rings. The second-order valence-corrected chi connectivity index (χ2v) is 7.06. The summed E-state index contributed by atoms with van der Waals surface area (Å²) >= 11 is 0.